The molecule has 1 rings (SSSR count). The summed E-state index contributed by atoms with van der Waals surface area (Å²) in [6.07, 6.45) is 1.81. The van der Waals surface area contributed by atoms with Gasteiger partial charge in [-0.2, -0.15) is 5.26 Å². The Morgan fingerprint density at radius 2 is 2.64 bits per heavy atom. The molecule has 11 heavy (non-hydrogen) atoms. The molecule has 0 aromatic rings. The Bertz CT molecular complexity index is 206. The van der Waals surface area contributed by atoms with E-state index in [1.807, 2.05) is 6.07 Å². The first kappa shape index (κ1) is 8.18. The zero-order valence-electron chi connectivity index (χ0n) is 6.13. The molecule has 60 valence electrons. The van der Waals surface area contributed by atoms with Gasteiger partial charge in [0, 0.05) is 18.9 Å². The first-order valence-electron chi connectivity index (χ1n) is 3.45. The van der Waals surface area contributed by atoms with Crippen LogP contribution in [0.1, 0.15) is 6.42 Å². The van der Waals surface area contributed by atoms with Crippen molar-refractivity contribution in [2.75, 3.05) is 13.1 Å². The lowest BCUT2D eigenvalue weighted by Crippen LogP contribution is -2.39. The number of halogens is 1. The molecule has 1 aliphatic heterocycles. The third kappa shape index (κ3) is 2.30. The fourth-order valence-corrected chi connectivity index (χ4v) is 1.16. The zero-order chi connectivity index (χ0) is 8.27. The van der Waals surface area contributed by atoms with Crippen LogP contribution in [0, 0.1) is 17.2 Å². The lowest BCUT2D eigenvalue weighted by atomic mass is 10.0. The first-order chi connectivity index (χ1) is 5.22. The van der Waals surface area contributed by atoms with Gasteiger partial charge >= 0.3 is 0 Å². The van der Waals surface area contributed by atoms with Crippen LogP contribution in [0.2, 0.25) is 0 Å². The summed E-state index contributed by atoms with van der Waals surface area (Å²) < 4.78 is 12.6. The Balaban J connectivity index is 2.56. The lowest BCUT2D eigenvalue weighted by molar-refractivity contribution is 0.238. The molecule has 1 aliphatic rings. The highest BCUT2D eigenvalue weighted by molar-refractivity contribution is 5.04. The van der Waals surface area contributed by atoms with E-state index in [1.54, 1.807) is 0 Å². The van der Waals surface area contributed by atoms with Gasteiger partial charge in [-0.3, -0.25) is 5.84 Å². The van der Waals surface area contributed by atoms with Gasteiger partial charge in [0.25, 0.3) is 0 Å². The van der Waals surface area contributed by atoms with Gasteiger partial charge in [-0.1, -0.05) is 0 Å². The molecule has 0 aromatic heterocycles. The molecular weight excluding hydrogens is 145 g/mol. The summed E-state index contributed by atoms with van der Waals surface area (Å²) in [5, 5.41) is 9.72. The van der Waals surface area contributed by atoms with E-state index in [-0.39, 0.29) is 18.3 Å². The predicted molar refractivity (Wildman–Crippen MR) is 38.7 cm³/mol. The Morgan fingerprint density at radius 1 is 1.91 bits per heavy atom. The SMILES string of the molecule is N#CCC1C=C(F)CN(N)C1. The van der Waals surface area contributed by atoms with E-state index in [0.29, 0.717) is 13.0 Å². The fourth-order valence-electron chi connectivity index (χ4n) is 1.16. The van der Waals surface area contributed by atoms with Crippen molar-refractivity contribution in [3.8, 4) is 6.07 Å². The topological polar surface area (TPSA) is 53.0 Å². The van der Waals surface area contributed by atoms with Gasteiger partial charge in [0.1, 0.15) is 5.83 Å². The summed E-state index contributed by atoms with van der Waals surface area (Å²) in [5.41, 5.74) is 0. The second kappa shape index (κ2) is 3.46. The smallest absolute Gasteiger partial charge is 0.112 e. The standard InChI is InChI=1S/C7H10FN3/c8-7-3-6(1-2-9)4-11(10)5-7/h3,6H,1,4-5,10H2. The van der Waals surface area contributed by atoms with Gasteiger partial charge in [0.15, 0.2) is 0 Å². The van der Waals surface area contributed by atoms with E-state index in [1.165, 1.54) is 11.1 Å². The molecule has 0 spiro atoms. The van der Waals surface area contributed by atoms with Crippen molar-refractivity contribution in [2.24, 2.45) is 11.8 Å². The van der Waals surface area contributed by atoms with E-state index < -0.39 is 0 Å². The molecule has 2 N–H and O–H groups in total. The van der Waals surface area contributed by atoms with Crippen LogP contribution in [0.3, 0.4) is 0 Å². The lowest BCUT2D eigenvalue weighted by Gasteiger charge is -2.23. The van der Waals surface area contributed by atoms with Crippen molar-refractivity contribution in [2.45, 2.75) is 6.42 Å². The normalized spacial score (nSPS) is 25.9. The molecule has 1 unspecified atom stereocenters. The highest BCUT2D eigenvalue weighted by Crippen LogP contribution is 2.15. The van der Waals surface area contributed by atoms with Crippen LogP contribution < -0.4 is 5.84 Å². The van der Waals surface area contributed by atoms with Crippen LogP contribution >= 0.6 is 0 Å². The van der Waals surface area contributed by atoms with Gasteiger partial charge in [-0.25, -0.2) is 9.40 Å². The summed E-state index contributed by atoms with van der Waals surface area (Å²) in [6.45, 7) is 0.739. The van der Waals surface area contributed by atoms with E-state index >= 15 is 0 Å². The first-order valence-corrected chi connectivity index (χ1v) is 3.45. The van der Waals surface area contributed by atoms with E-state index in [9.17, 15) is 4.39 Å². The highest BCUT2D eigenvalue weighted by atomic mass is 19.1. The third-order valence-corrected chi connectivity index (χ3v) is 1.59. The quantitative estimate of drug-likeness (QED) is 0.563. The molecule has 3 nitrogen and oxygen atoms in total. The summed E-state index contributed by atoms with van der Waals surface area (Å²) in [6, 6.07) is 1.99. The Labute approximate surface area is 64.9 Å². The molecular formula is C7H10FN3. The van der Waals surface area contributed by atoms with E-state index in [2.05, 4.69) is 0 Å². The van der Waals surface area contributed by atoms with Gasteiger partial charge in [-0.15, -0.1) is 0 Å². The number of nitriles is 1. The Morgan fingerprint density at radius 3 is 3.18 bits per heavy atom. The number of nitrogens with two attached hydrogens (primary N) is 1. The average molecular weight is 155 g/mol. The van der Waals surface area contributed by atoms with Crippen molar-refractivity contribution in [3.63, 3.8) is 0 Å². The molecule has 0 amide bonds. The van der Waals surface area contributed by atoms with Crippen LogP contribution in [0.25, 0.3) is 0 Å². The minimum atomic E-state index is -0.237. The summed E-state index contributed by atoms with van der Waals surface area (Å²) in [7, 11) is 0. The van der Waals surface area contributed by atoms with Crippen LogP contribution in [0.5, 0.6) is 0 Å². The monoisotopic (exact) mass is 155 g/mol. The van der Waals surface area contributed by atoms with Crippen molar-refractivity contribution >= 4 is 0 Å². The fraction of sp³-hybridized carbons (Fsp3) is 0.571. The number of hydrazine groups is 1. The van der Waals surface area contributed by atoms with Crippen molar-refractivity contribution in [1.82, 2.24) is 5.01 Å². The van der Waals surface area contributed by atoms with Crippen LogP contribution in [-0.2, 0) is 0 Å². The second-order valence-electron chi connectivity index (χ2n) is 2.67. The molecule has 0 aromatic carbocycles. The Hall–Kier alpha value is -0.920. The van der Waals surface area contributed by atoms with Crippen LogP contribution in [0.15, 0.2) is 11.9 Å². The molecule has 0 saturated carbocycles. The molecule has 4 heteroatoms. The summed E-state index contributed by atoms with van der Waals surface area (Å²) >= 11 is 0. The van der Waals surface area contributed by atoms with Crippen molar-refractivity contribution < 1.29 is 4.39 Å². The van der Waals surface area contributed by atoms with Crippen LogP contribution in [0.4, 0.5) is 4.39 Å². The van der Waals surface area contributed by atoms with E-state index in [0.717, 1.165) is 0 Å². The number of rotatable bonds is 1. The minimum absolute atomic E-state index is 0.0428. The Kier molecular flexibility index (Phi) is 2.58. The number of hydrogen-bond donors (Lipinski definition) is 1. The maximum Gasteiger partial charge on any atom is 0.112 e. The van der Waals surface area contributed by atoms with E-state index in [4.69, 9.17) is 11.1 Å². The zero-order valence-corrected chi connectivity index (χ0v) is 6.13. The predicted octanol–water partition coefficient (Wildman–Crippen LogP) is 0.559. The maximum absolute atomic E-state index is 12.6. The second-order valence-corrected chi connectivity index (χ2v) is 2.67. The van der Waals surface area contributed by atoms with Crippen molar-refractivity contribution in [3.05, 3.63) is 11.9 Å². The molecule has 0 fully saturated rings. The molecule has 1 heterocycles. The number of hydrogen-bond acceptors (Lipinski definition) is 3. The van der Waals surface area contributed by atoms with Crippen molar-refractivity contribution in [1.29, 1.82) is 5.26 Å². The van der Waals surface area contributed by atoms with Gasteiger partial charge < -0.3 is 0 Å². The molecule has 0 radical (unpaired) electrons. The molecule has 1 atom stereocenters. The van der Waals surface area contributed by atoms with Crippen LogP contribution in [-0.4, -0.2) is 18.1 Å². The molecule has 0 saturated heterocycles. The van der Waals surface area contributed by atoms with Gasteiger partial charge in [0.2, 0.25) is 0 Å². The number of nitrogens with zero attached hydrogens (tertiary/aromatic N) is 2. The molecule has 0 aliphatic carbocycles. The average Bonchev–Trinajstić information content (AvgIpc) is 1.85. The van der Waals surface area contributed by atoms with Gasteiger partial charge in [0.05, 0.1) is 12.6 Å². The summed E-state index contributed by atoms with van der Waals surface area (Å²) in [4.78, 5) is 0. The minimum Gasteiger partial charge on any atom is -0.268 e. The van der Waals surface area contributed by atoms with Gasteiger partial charge in [-0.05, 0) is 6.08 Å². The third-order valence-electron chi connectivity index (χ3n) is 1.59. The molecule has 0 bridgehead atoms. The maximum atomic E-state index is 12.6. The summed E-state index contributed by atoms with van der Waals surface area (Å²) in [5.74, 6) is 5.11. The highest BCUT2D eigenvalue weighted by Gasteiger charge is 2.17. The largest absolute Gasteiger partial charge is 0.268 e.